The highest BCUT2D eigenvalue weighted by atomic mass is 16.6. The zero-order chi connectivity index (χ0) is 25.4. The van der Waals surface area contributed by atoms with Crippen molar-refractivity contribution in [3.63, 3.8) is 0 Å². The van der Waals surface area contributed by atoms with Crippen LogP contribution in [0.1, 0.15) is 43.8 Å². The Morgan fingerprint density at radius 3 is 2.34 bits per heavy atom. The van der Waals surface area contributed by atoms with Crippen LogP contribution in [0.5, 0.6) is 5.75 Å². The molecule has 1 heterocycles. The third-order valence-electron chi connectivity index (χ3n) is 5.27. The summed E-state index contributed by atoms with van der Waals surface area (Å²) in [6.45, 7) is 7.90. The first-order valence-corrected chi connectivity index (χ1v) is 11.4. The number of hydrogen-bond donors (Lipinski definition) is 0. The van der Waals surface area contributed by atoms with Crippen LogP contribution in [-0.4, -0.2) is 47.4 Å². The summed E-state index contributed by atoms with van der Waals surface area (Å²) >= 11 is 0. The van der Waals surface area contributed by atoms with Gasteiger partial charge in [-0.3, -0.25) is 9.69 Å². The standard InChI is InChI=1S/C26H31N3O6/c1-17(2)15-34-26(31)29(14-24(30)32-5)19(4)20-10-12-22(13-11-20)33-16-23-27-25(35-28-23)21-8-6-18(3)7-9-21/h6-13,17,19H,14-16H2,1-5H3/t19-/m1/s1. The Kier molecular flexibility index (Phi) is 8.83. The molecule has 0 fully saturated rings. The predicted molar refractivity (Wildman–Crippen MR) is 129 cm³/mol. The van der Waals surface area contributed by atoms with Crippen LogP contribution in [0, 0.1) is 12.8 Å². The molecule has 1 amide bonds. The van der Waals surface area contributed by atoms with Crippen LogP contribution in [0.3, 0.4) is 0 Å². The molecular weight excluding hydrogens is 450 g/mol. The minimum atomic E-state index is -0.571. The Morgan fingerprint density at radius 1 is 1.03 bits per heavy atom. The number of aryl methyl sites for hydroxylation is 1. The summed E-state index contributed by atoms with van der Waals surface area (Å²) in [6.07, 6.45) is -0.571. The molecule has 0 radical (unpaired) electrons. The molecule has 0 N–H and O–H groups in total. The highest BCUT2D eigenvalue weighted by Crippen LogP contribution is 2.24. The van der Waals surface area contributed by atoms with Crippen molar-refractivity contribution >= 4 is 12.1 Å². The molecule has 0 unspecified atom stereocenters. The van der Waals surface area contributed by atoms with Crippen LogP contribution in [0.2, 0.25) is 0 Å². The summed E-state index contributed by atoms with van der Waals surface area (Å²) in [6, 6.07) is 14.6. The molecule has 1 atom stereocenters. The van der Waals surface area contributed by atoms with E-state index in [2.05, 4.69) is 10.1 Å². The third kappa shape index (κ3) is 7.30. The van der Waals surface area contributed by atoms with Gasteiger partial charge in [0.1, 0.15) is 12.3 Å². The molecule has 35 heavy (non-hydrogen) atoms. The van der Waals surface area contributed by atoms with E-state index in [-0.39, 0.29) is 25.7 Å². The summed E-state index contributed by atoms with van der Waals surface area (Å²) < 4.78 is 21.2. The smallest absolute Gasteiger partial charge is 0.410 e. The van der Waals surface area contributed by atoms with Crippen molar-refractivity contribution in [1.29, 1.82) is 0 Å². The summed E-state index contributed by atoms with van der Waals surface area (Å²) in [5, 5.41) is 3.97. The van der Waals surface area contributed by atoms with Gasteiger partial charge in [-0.1, -0.05) is 48.8 Å². The van der Waals surface area contributed by atoms with Gasteiger partial charge in [0.15, 0.2) is 6.61 Å². The van der Waals surface area contributed by atoms with Crippen LogP contribution in [0.25, 0.3) is 11.5 Å². The Hall–Kier alpha value is -3.88. The van der Waals surface area contributed by atoms with Gasteiger partial charge in [-0.2, -0.15) is 4.98 Å². The fraction of sp³-hybridized carbons (Fsp3) is 0.385. The SMILES string of the molecule is COC(=O)CN(C(=O)OCC(C)C)[C@H](C)c1ccc(OCc2noc(-c3ccc(C)cc3)n2)cc1. The highest BCUT2D eigenvalue weighted by molar-refractivity contribution is 5.78. The van der Waals surface area contributed by atoms with Gasteiger partial charge >= 0.3 is 12.1 Å². The van der Waals surface area contributed by atoms with E-state index in [1.807, 2.05) is 64.1 Å². The lowest BCUT2D eigenvalue weighted by atomic mass is 10.1. The Bertz CT molecular complexity index is 1110. The molecule has 0 saturated carbocycles. The maximum absolute atomic E-state index is 12.6. The van der Waals surface area contributed by atoms with E-state index in [0.717, 1.165) is 16.7 Å². The largest absolute Gasteiger partial charge is 0.485 e. The number of methoxy groups -OCH3 is 1. The lowest BCUT2D eigenvalue weighted by Gasteiger charge is -2.28. The molecule has 2 aromatic carbocycles. The fourth-order valence-corrected chi connectivity index (χ4v) is 3.18. The van der Waals surface area contributed by atoms with E-state index in [4.69, 9.17) is 18.7 Å². The minimum Gasteiger partial charge on any atom is -0.485 e. The van der Waals surface area contributed by atoms with Crippen molar-refractivity contribution < 1.29 is 28.3 Å². The second-order valence-electron chi connectivity index (χ2n) is 8.59. The first-order valence-electron chi connectivity index (χ1n) is 11.4. The number of ether oxygens (including phenoxy) is 3. The molecule has 0 spiro atoms. The molecule has 1 aromatic heterocycles. The summed E-state index contributed by atoms with van der Waals surface area (Å²) in [7, 11) is 1.28. The summed E-state index contributed by atoms with van der Waals surface area (Å²) in [4.78, 5) is 30.2. The molecule has 0 bridgehead atoms. The maximum Gasteiger partial charge on any atom is 0.410 e. The number of benzene rings is 2. The maximum atomic E-state index is 12.6. The first-order chi connectivity index (χ1) is 16.8. The van der Waals surface area contributed by atoms with Crippen LogP contribution < -0.4 is 4.74 Å². The number of hydrogen-bond acceptors (Lipinski definition) is 8. The Labute approximate surface area is 205 Å². The van der Waals surface area contributed by atoms with Crippen LogP contribution >= 0.6 is 0 Å². The van der Waals surface area contributed by atoms with E-state index in [1.165, 1.54) is 12.0 Å². The monoisotopic (exact) mass is 481 g/mol. The Balaban J connectivity index is 1.62. The molecule has 0 saturated heterocycles. The first kappa shape index (κ1) is 25.7. The van der Waals surface area contributed by atoms with Gasteiger partial charge in [0, 0.05) is 5.56 Å². The van der Waals surface area contributed by atoms with Crippen molar-refractivity contribution in [2.24, 2.45) is 5.92 Å². The molecule has 0 aliphatic heterocycles. The van der Waals surface area contributed by atoms with E-state index in [0.29, 0.717) is 17.5 Å². The number of carbonyl (C=O) groups excluding carboxylic acids is 2. The van der Waals surface area contributed by atoms with Crippen LogP contribution in [0.15, 0.2) is 53.1 Å². The number of esters is 1. The molecule has 3 rings (SSSR count). The van der Waals surface area contributed by atoms with Gasteiger partial charge in [0.2, 0.25) is 5.82 Å². The van der Waals surface area contributed by atoms with Crippen LogP contribution in [0.4, 0.5) is 4.79 Å². The second kappa shape index (κ2) is 12.0. The average molecular weight is 482 g/mol. The van der Waals surface area contributed by atoms with Crippen molar-refractivity contribution in [2.75, 3.05) is 20.3 Å². The zero-order valence-corrected chi connectivity index (χ0v) is 20.7. The van der Waals surface area contributed by atoms with Crippen molar-refractivity contribution in [3.05, 3.63) is 65.5 Å². The highest BCUT2D eigenvalue weighted by Gasteiger charge is 2.26. The molecule has 186 valence electrons. The van der Waals surface area contributed by atoms with Gasteiger partial charge in [-0.25, -0.2) is 4.79 Å². The third-order valence-corrected chi connectivity index (χ3v) is 5.27. The van der Waals surface area contributed by atoms with Gasteiger partial charge in [-0.05, 0) is 49.6 Å². The second-order valence-corrected chi connectivity index (χ2v) is 8.59. The molecular formula is C26H31N3O6. The van der Waals surface area contributed by atoms with E-state index < -0.39 is 18.1 Å². The molecule has 0 aliphatic carbocycles. The van der Waals surface area contributed by atoms with Gasteiger partial charge in [0.25, 0.3) is 5.89 Å². The molecule has 0 aliphatic rings. The molecule has 3 aromatic rings. The van der Waals surface area contributed by atoms with Crippen LogP contribution in [-0.2, 0) is 20.9 Å². The van der Waals surface area contributed by atoms with Crippen molar-refractivity contribution in [1.82, 2.24) is 15.0 Å². The Morgan fingerprint density at radius 2 is 1.71 bits per heavy atom. The topological polar surface area (TPSA) is 104 Å². The minimum absolute atomic E-state index is 0.139. The fourth-order valence-electron chi connectivity index (χ4n) is 3.18. The summed E-state index contributed by atoms with van der Waals surface area (Å²) in [5.41, 5.74) is 2.80. The van der Waals surface area contributed by atoms with Gasteiger partial charge < -0.3 is 18.7 Å². The number of nitrogens with zero attached hydrogens (tertiary/aromatic N) is 3. The van der Waals surface area contributed by atoms with Crippen molar-refractivity contribution in [2.45, 2.75) is 40.3 Å². The molecule has 9 nitrogen and oxygen atoms in total. The van der Waals surface area contributed by atoms with Crippen molar-refractivity contribution in [3.8, 4) is 17.2 Å². The lowest BCUT2D eigenvalue weighted by Crippen LogP contribution is -2.39. The summed E-state index contributed by atoms with van der Waals surface area (Å²) in [5.74, 6) is 1.11. The average Bonchev–Trinajstić information content (AvgIpc) is 3.33. The number of carbonyl (C=O) groups is 2. The molecule has 9 heteroatoms. The zero-order valence-electron chi connectivity index (χ0n) is 20.7. The lowest BCUT2D eigenvalue weighted by molar-refractivity contribution is -0.142. The van der Waals surface area contributed by atoms with E-state index in [1.54, 1.807) is 12.1 Å². The van der Waals surface area contributed by atoms with E-state index >= 15 is 0 Å². The van der Waals surface area contributed by atoms with Gasteiger partial charge in [0.05, 0.1) is 19.8 Å². The predicted octanol–water partition coefficient (Wildman–Crippen LogP) is 4.95. The number of aromatic nitrogens is 2. The number of amides is 1. The van der Waals surface area contributed by atoms with E-state index in [9.17, 15) is 9.59 Å². The van der Waals surface area contributed by atoms with Gasteiger partial charge in [-0.15, -0.1) is 0 Å². The quantitative estimate of drug-likeness (QED) is 0.375. The number of rotatable bonds is 10. The normalized spacial score (nSPS) is 11.7.